The molecule has 0 aromatic heterocycles. The molecule has 0 fully saturated rings. The second-order valence-electron chi connectivity index (χ2n) is 1.96. The normalized spacial score (nSPS) is 10.7. The van der Waals surface area contributed by atoms with Crippen molar-refractivity contribution < 1.29 is 0 Å². The molecule has 0 N–H and O–H groups in total. The van der Waals surface area contributed by atoms with Gasteiger partial charge in [-0.25, -0.2) is 0 Å². The molecule has 0 radical (unpaired) electrons. The maximum absolute atomic E-state index is 3.65. The van der Waals surface area contributed by atoms with Gasteiger partial charge in [0.15, 0.2) is 0 Å². The van der Waals surface area contributed by atoms with Crippen LogP contribution < -0.4 is 0 Å². The van der Waals surface area contributed by atoms with Gasteiger partial charge in [-0.05, 0) is 20.3 Å². The highest BCUT2D eigenvalue weighted by atomic mass is 13.8. The van der Waals surface area contributed by atoms with Crippen LogP contribution in [-0.4, -0.2) is 0 Å². The average molecular weight is 152 g/mol. The van der Waals surface area contributed by atoms with Crippen LogP contribution in [0.3, 0.4) is 0 Å². The summed E-state index contributed by atoms with van der Waals surface area (Å²) in [5.74, 6) is 0. The van der Waals surface area contributed by atoms with Gasteiger partial charge in [-0.3, -0.25) is 0 Å². The van der Waals surface area contributed by atoms with Gasteiger partial charge in [-0.15, -0.1) is 0 Å². The summed E-state index contributed by atoms with van der Waals surface area (Å²) in [5.41, 5.74) is 1.24. The Balaban J connectivity index is 0. The molecule has 64 valence electrons. The Bertz CT molecular complexity index is 127. The minimum absolute atomic E-state index is 1.02. The van der Waals surface area contributed by atoms with E-state index in [1.54, 1.807) is 0 Å². The van der Waals surface area contributed by atoms with Gasteiger partial charge >= 0.3 is 0 Å². The summed E-state index contributed by atoms with van der Waals surface area (Å²) in [6.07, 6.45) is 9.20. The Morgan fingerprint density at radius 3 is 2.27 bits per heavy atom. The maximum atomic E-state index is 3.65. The van der Waals surface area contributed by atoms with Crippen molar-refractivity contribution in [1.29, 1.82) is 0 Å². The first-order valence-corrected chi connectivity index (χ1v) is 4.21. The number of hydrogen-bond acceptors (Lipinski definition) is 0. The fraction of sp³-hybridized carbons (Fsp3) is 0.455. The van der Waals surface area contributed by atoms with Gasteiger partial charge in [0, 0.05) is 0 Å². The Kier molecular flexibility index (Phi) is 14.0. The van der Waals surface area contributed by atoms with Crippen molar-refractivity contribution in [3.05, 3.63) is 36.5 Å². The zero-order chi connectivity index (χ0) is 9.11. The van der Waals surface area contributed by atoms with Crippen molar-refractivity contribution in [3.8, 4) is 0 Å². The lowest BCUT2D eigenvalue weighted by molar-refractivity contribution is 1.32. The Hall–Kier alpha value is -0.780. The molecule has 0 rings (SSSR count). The molecular weight excluding hydrogens is 132 g/mol. The second kappa shape index (κ2) is 12.0. The second-order valence-corrected chi connectivity index (χ2v) is 1.96. The summed E-state index contributed by atoms with van der Waals surface area (Å²) in [6, 6.07) is 0. The molecule has 0 saturated heterocycles. The average Bonchev–Trinajstić information content (AvgIpc) is 2.08. The van der Waals surface area contributed by atoms with E-state index in [0.717, 1.165) is 6.42 Å². The van der Waals surface area contributed by atoms with E-state index in [4.69, 9.17) is 0 Å². The molecule has 0 saturated carbocycles. The van der Waals surface area contributed by atoms with Crippen LogP contribution >= 0.6 is 0 Å². The predicted molar refractivity (Wildman–Crippen MR) is 54.7 cm³/mol. The minimum atomic E-state index is 1.02. The molecule has 0 aromatic rings. The lowest BCUT2D eigenvalue weighted by atomic mass is 10.2. The van der Waals surface area contributed by atoms with Crippen LogP contribution in [0.1, 0.15) is 34.1 Å². The fourth-order valence-electron chi connectivity index (χ4n) is 0.473. The van der Waals surface area contributed by atoms with E-state index in [2.05, 4.69) is 25.7 Å². The predicted octanol–water partition coefficient (Wildman–Crippen LogP) is 4.11. The standard InChI is InChI=1S/C9H14.C2H6/c1-4-6-7-8-9(3)5-2;1-2/h4-6,8H,2,7H2,1,3H3;1-2H3/b6-4-,9-8-;. The number of hydrogen-bond donors (Lipinski definition) is 0. The van der Waals surface area contributed by atoms with E-state index in [-0.39, 0.29) is 0 Å². The topological polar surface area (TPSA) is 0 Å². The van der Waals surface area contributed by atoms with Crippen molar-refractivity contribution in [1.82, 2.24) is 0 Å². The van der Waals surface area contributed by atoms with Gasteiger partial charge in [0.25, 0.3) is 0 Å². The molecule has 0 atom stereocenters. The van der Waals surface area contributed by atoms with Crippen LogP contribution in [0.4, 0.5) is 0 Å². The van der Waals surface area contributed by atoms with E-state index in [9.17, 15) is 0 Å². The highest BCUT2D eigenvalue weighted by molar-refractivity contribution is 5.13. The van der Waals surface area contributed by atoms with E-state index in [0.29, 0.717) is 0 Å². The molecule has 0 nitrogen and oxygen atoms in total. The fourth-order valence-corrected chi connectivity index (χ4v) is 0.473. The molecule has 0 aliphatic heterocycles. The summed E-state index contributed by atoms with van der Waals surface area (Å²) in [4.78, 5) is 0. The van der Waals surface area contributed by atoms with Gasteiger partial charge in [0.1, 0.15) is 0 Å². The third-order valence-electron chi connectivity index (χ3n) is 1.13. The number of allylic oxidation sites excluding steroid dienone is 5. The largest absolute Gasteiger partial charge is 0.0988 e. The molecule has 0 aliphatic rings. The van der Waals surface area contributed by atoms with Gasteiger partial charge in [-0.1, -0.05) is 50.3 Å². The molecule has 0 heteroatoms. The first-order chi connectivity index (χ1) is 5.31. The van der Waals surface area contributed by atoms with E-state index in [1.165, 1.54) is 5.57 Å². The van der Waals surface area contributed by atoms with E-state index in [1.807, 2.05) is 32.9 Å². The number of rotatable bonds is 3. The van der Waals surface area contributed by atoms with Crippen LogP contribution in [0.5, 0.6) is 0 Å². The third-order valence-corrected chi connectivity index (χ3v) is 1.13. The Labute approximate surface area is 71.3 Å². The highest BCUT2D eigenvalue weighted by Gasteiger charge is 1.74. The van der Waals surface area contributed by atoms with Gasteiger partial charge in [0.05, 0.1) is 0 Å². The summed E-state index contributed by atoms with van der Waals surface area (Å²) in [7, 11) is 0. The van der Waals surface area contributed by atoms with Crippen molar-refractivity contribution in [2.75, 3.05) is 0 Å². The van der Waals surface area contributed by atoms with E-state index < -0.39 is 0 Å². The summed E-state index contributed by atoms with van der Waals surface area (Å²) < 4.78 is 0. The van der Waals surface area contributed by atoms with Crippen LogP contribution in [0.15, 0.2) is 36.5 Å². The quantitative estimate of drug-likeness (QED) is 0.421. The van der Waals surface area contributed by atoms with Crippen LogP contribution in [0, 0.1) is 0 Å². The molecule has 0 heterocycles. The molecule has 11 heavy (non-hydrogen) atoms. The Morgan fingerprint density at radius 1 is 1.36 bits per heavy atom. The monoisotopic (exact) mass is 152 g/mol. The summed E-state index contributed by atoms with van der Waals surface area (Å²) >= 11 is 0. The lowest BCUT2D eigenvalue weighted by Gasteiger charge is -1.85. The van der Waals surface area contributed by atoms with Crippen LogP contribution in [0.2, 0.25) is 0 Å². The molecule has 0 bridgehead atoms. The summed E-state index contributed by atoms with van der Waals surface area (Å²) in [5, 5.41) is 0. The maximum Gasteiger partial charge on any atom is -0.0164 e. The third kappa shape index (κ3) is 12.4. The summed E-state index contributed by atoms with van der Waals surface area (Å²) in [6.45, 7) is 11.7. The molecule has 0 spiro atoms. The first-order valence-electron chi connectivity index (χ1n) is 4.21. The van der Waals surface area contributed by atoms with Crippen molar-refractivity contribution >= 4 is 0 Å². The molecule has 0 unspecified atom stereocenters. The minimum Gasteiger partial charge on any atom is -0.0988 e. The SMILES string of the molecule is C=C/C(C)=C\C/C=C\C.CC. The van der Waals surface area contributed by atoms with Crippen molar-refractivity contribution in [2.24, 2.45) is 0 Å². The zero-order valence-electron chi connectivity index (χ0n) is 8.22. The van der Waals surface area contributed by atoms with Gasteiger partial charge in [-0.2, -0.15) is 0 Å². The van der Waals surface area contributed by atoms with Crippen LogP contribution in [-0.2, 0) is 0 Å². The van der Waals surface area contributed by atoms with Gasteiger partial charge in [0.2, 0.25) is 0 Å². The molecule has 0 aliphatic carbocycles. The molecule has 0 amide bonds. The van der Waals surface area contributed by atoms with Crippen molar-refractivity contribution in [3.63, 3.8) is 0 Å². The molecular formula is C11H20. The van der Waals surface area contributed by atoms with E-state index >= 15 is 0 Å². The first kappa shape index (κ1) is 12.9. The highest BCUT2D eigenvalue weighted by Crippen LogP contribution is 1.95. The molecule has 0 aromatic carbocycles. The Morgan fingerprint density at radius 2 is 1.91 bits per heavy atom. The van der Waals surface area contributed by atoms with Crippen molar-refractivity contribution in [2.45, 2.75) is 34.1 Å². The van der Waals surface area contributed by atoms with Gasteiger partial charge < -0.3 is 0 Å². The smallest absolute Gasteiger partial charge is 0.0164 e. The zero-order valence-corrected chi connectivity index (χ0v) is 8.22. The van der Waals surface area contributed by atoms with Crippen LogP contribution in [0.25, 0.3) is 0 Å². The lowest BCUT2D eigenvalue weighted by Crippen LogP contribution is -1.64.